The second kappa shape index (κ2) is 26.3. The third-order valence-corrected chi connectivity index (χ3v) is 11.2. The fraction of sp³-hybridized carbons (Fsp3) is 0.444. The molecule has 4 rings (SSSR count). The van der Waals surface area contributed by atoms with Crippen LogP contribution < -0.4 is 65.5 Å². The van der Waals surface area contributed by atoms with Crippen LogP contribution in [0.25, 0.3) is 10.9 Å². The highest BCUT2D eigenvalue weighted by molar-refractivity contribution is 5.99. The van der Waals surface area contributed by atoms with Gasteiger partial charge in [0.15, 0.2) is 5.96 Å². The summed E-state index contributed by atoms with van der Waals surface area (Å²) in [6, 6.07) is 6.90. The molecule has 3 aromatic rings. The Bertz CT molecular complexity index is 2370. The first-order valence-electron chi connectivity index (χ1n) is 22.4. The Balaban J connectivity index is 1.79. The Morgan fingerprint density at radius 3 is 2.07 bits per heavy atom. The van der Waals surface area contributed by atoms with Gasteiger partial charge in [0.25, 0.3) is 0 Å². The quantitative estimate of drug-likeness (QED) is 0.0550. The lowest BCUT2D eigenvalue weighted by molar-refractivity contribution is -0.136. The number of aromatic nitrogens is 1. The van der Waals surface area contributed by atoms with E-state index < -0.39 is 114 Å². The molecular formula is C45H62N14O10. The summed E-state index contributed by atoms with van der Waals surface area (Å²) >= 11 is 0. The van der Waals surface area contributed by atoms with Crippen molar-refractivity contribution < 1.29 is 47.9 Å². The minimum Gasteiger partial charge on any atom is -0.370 e. The molecule has 0 spiro atoms. The van der Waals surface area contributed by atoms with E-state index in [0.29, 0.717) is 11.1 Å². The lowest BCUT2D eigenvalue weighted by atomic mass is 9.95. The van der Waals surface area contributed by atoms with Crippen LogP contribution in [0.4, 0.5) is 0 Å². The molecule has 0 bridgehead atoms. The minimum atomic E-state index is -1.70. The van der Waals surface area contributed by atoms with E-state index in [4.69, 9.17) is 22.9 Å². The summed E-state index contributed by atoms with van der Waals surface area (Å²) in [6.07, 6.45) is 0.108. The Labute approximate surface area is 397 Å². The van der Waals surface area contributed by atoms with Crippen molar-refractivity contribution in [1.29, 1.82) is 0 Å². The maximum Gasteiger partial charge on any atom is 0.243 e. The molecule has 1 aromatic heterocycles. The van der Waals surface area contributed by atoms with Gasteiger partial charge in [0.05, 0.1) is 13.0 Å². The summed E-state index contributed by atoms with van der Waals surface area (Å²) < 4.78 is 0. The van der Waals surface area contributed by atoms with Crippen LogP contribution in [0, 0.1) is 5.92 Å². The third-order valence-electron chi connectivity index (χ3n) is 11.2. The van der Waals surface area contributed by atoms with Crippen LogP contribution in [0.1, 0.15) is 63.5 Å². The van der Waals surface area contributed by atoms with Crippen LogP contribution >= 0.6 is 0 Å². The lowest BCUT2D eigenvalue weighted by Gasteiger charge is -2.30. The van der Waals surface area contributed by atoms with Crippen molar-refractivity contribution in [3.63, 3.8) is 0 Å². The van der Waals surface area contributed by atoms with E-state index in [1.807, 2.05) is 18.2 Å². The first-order chi connectivity index (χ1) is 32.8. The van der Waals surface area contributed by atoms with E-state index in [0.717, 1.165) is 10.9 Å². The topological polar surface area (TPSA) is 399 Å². The predicted molar refractivity (Wildman–Crippen MR) is 251 cm³/mol. The summed E-state index contributed by atoms with van der Waals surface area (Å²) in [5.41, 5.74) is 24.3. The average Bonchev–Trinajstić information content (AvgIpc) is 3.70. The van der Waals surface area contributed by atoms with Gasteiger partial charge in [-0.05, 0) is 48.8 Å². The molecule has 1 aliphatic heterocycles. The molecule has 69 heavy (non-hydrogen) atoms. The van der Waals surface area contributed by atoms with Gasteiger partial charge in [0, 0.05) is 56.4 Å². The zero-order valence-electron chi connectivity index (χ0n) is 38.4. The van der Waals surface area contributed by atoms with Gasteiger partial charge in [-0.2, -0.15) is 0 Å². The number of guanidine groups is 1. The number of amides is 10. The summed E-state index contributed by atoms with van der Waals surface area (Å²) in [4.78, 5) is 141. The molecular weight excluding hydrogens is 897 g/mol. The Hall–Kier alpha value is -8.05. The van der Waals surface area contributed by atoms with E-state index in [-0.39, 0.29) is 64.0 Å². The molecule has 0 radical (unpaired) electrons. The number of aromatic amines is 1. The molecule has 1 fully saturated rings. The monoisotopic (exact) mass is 958 g/mol. The standard InChI is InChI=1S/C45H62N14O10/c1-24(16-18-51-45(48)49)38-44(69)58-33(20-27-22-53-29-12-7-6-11-28(27)29)41(66)55-30(39(47)64)14-15-36(62)50-17-8-13-31(54-37(63)23-52-25(2)60)40(65)57-34(21-35(46)61)42(67)56-32(43(68)59-38)19-26-9-4-3-5-10-26/h3-7,9-12,22,24,30-34,38,53H,8,13-21,23H2,1-2H3,(H2,46,61)(H2,47,64)(H,50,62)(H,52,60)(H,54,63)(H,55,66)(H,56,67)(H,57,65)(H,58,69)(H,59,68)(H4,48,49,51)/t24?,30?,31?,32?,33-,34-,38?/m0/s1. The predicted octanol–water partition coefficient (Wildman–Crippen LogP) is -3.65. The van der Waals surface area contributed by atoms with E-state index >= 15 is 0 Å². The normalized spacial score (nSPS) is 21.9. The molecule has 17 N–H and O–H groups in total. The summed E-state index contributed by atoms with van der Waals surface area (Å²) in [7, 11) is 0. The highest BCUT2D eigenvalue weighted by Crippen LogP contribution is 2.20. The number of H-pyrrole nitrogens is 1. The van der Waals surface area contributed by atoms with Gasteiger partial charge in [-0.25, -0.2) is 0 Å². The number of nitrogens with two attached hydrogens (primary N) is 4. The average molecular weight is 959 g/mol. The van der Waals surface area contributed by atoms with Gasteiger partial charge in [0.1, 0.15) is 36.3 Å². The third kappa shape index (κ3) is 17.6. The number of carbonyl (C=O) groups excluding carboxylic acids is 10. The molecule has 1 saturated heterocycles. The van der Waals surface area contributed by atoms with Gasteiger partial charge >= 0.3 is 0 Å². The van der Waals surface area contributed by atoms with Crippen LogP contribution in [0.2, 0.25) is 0 Å². The van der Waals surface area contributed by atoms with Crippen LogP contribution in [-0.2, 0) is 60.8 Å². The Kier molecular flexibility index (Phi) is 20.4. The Morgan fingerprint density at radius 1 is 0.754 bits per heavy atom. The van der Waals surface area contributed by atoms with Crippen molar-refractivity contribution in [3.8, 4) is 0 Å². The zero-order chi connectivity index (χ0) is 50.6. The van der Waals surface area contributed by atoms with Crippen molar-refractivity contribution in [2.75, 3.05) is 19.6 Å². The molecule has 1 aliphatic rings. The molecule has 5 unspecified atom stereocenters. The molecule has 2 heterocycles. The van der Waals surface area contributed by atoms with Crippen molar-refractivity contribution >= 4 is 75.9 Å². The molecule has 24 nitrogen and oxygen atoms in total. The number of hydrogen-bond acceptors (Lipinski definition) is 11. The van der Waals surface area contributed by atoms with Crippen LogP contribution in [-0.4, -0.2) is 126 Å². The van der Waals surface area contributed by atoms with Crippen molar-refractivity contribution in [2.24, 2.45) is 33.8 Å². The number of para-hydroxylation sites is 1. The maximum atomic E-state index is 14.6. The van der Waals surface area contributed by atoms with Gasteiger partial charge < -0.3 is 70.5 Å². The highest BCUT2D eigenvalue weighted by atomic mass is 16.2. The van der Waals surface area contributed by atoms with Crippen molar-refractivity contribution in [2.45, 2.75) is 101 Å². The fourth-order valence-corrected chi connectivity index (χ4v) is 7.46. The lowest BCUT2D eigenvalue weighted by Crippen LogP contribution is -2.61. The van der Waals surface area contributed by atoms with Crippen molar-refractivity contribution in [3.05, 3.63) is 71.9 Å². The second-order valence-electron chi connectivity index (χ2n) is 16.7. The zero-order valence-corrected chi connectivity index (χ0v) is 38.4. The molecule has 24 heteroatoms. The van der Waals surface area contributed by atoms with E-state index in [2.05, 4.69) is 52.5 Å². The number of fused-ring (bicyclic) bond motifs is 1. The smallest absolute Gasteiger partial charge is 0.243 e. The van der Waals surface area contributed by atoms with Crippen LogP contribution in [0.5, 0.6) is 0 Å². The van der Waals surface area contributed by atoms with Crippen LogP contribution in [0.15, 0.2) is 65.8 Å². The van der Waals surface area contributed by atoms with E-state index in [1.165, 1.54) is 6.92 Å². The molecule has 372 valence electrons. The van der Waals surface area contributed by atoms with Crippen LogP contribution in [0.3, 0.4) is 0 Å². The maximum absolute atomic E-state index is 14.6. The van der Waals surface area contributed by atoms with E-state index in [9.17, 15) is 47.9 Å². The fourth-order valence-electron chi connectivity index (χ4n) is 7.46. The van der Waals surface area contributed by atoms with E-state index in [1.54, 1.807) is 49.5 Å². The van der Waals surface area contributed by atoms with Gasteiger partial charge in [-0.3, -0.25) is 52.9 Å². The summed E-state index contributed by atoms with van der Waals surface area (Å²) in [5, 5.41) is 21.2. The molecule has 0 saturated carbocycles. The van der Waals surface area contributed by atoms with Gasteiger partial charge in [-0.15, -0.1) is 0 Å². The molecule has 0 aliphatic carbocycles. The number of nitrogens with zero attached hydrogens (tertiary/aromatic N) is 1. The first-order valence-corrected chi connectivity index (χ1v) is 22.4. The number of aliphatic imine (C=N–C) groups is 1. The number of benzene rings is 2. The van der Waals surface area contributed by atoms with Gasteiger partial charge in [-0.1, -0.05) is 55.5 Å². The minimum absolute atomic E-state index is 0.0175. The Morgan fingerprint density at radius 2 is 1.39 bits per heavy atom. The number of carbonyl (C=O) groups is 10. The first kappa shape index (κ1) is 53.6. The summed E-state index contributed by atoms with van der Waals surface area (Å²) in [5.74, 6) is -9.42. The highest BCUT2D eigenvalue weighted by Gasteiger charge is 2.36. The number of rotatable bonds is 14. The molecule has 2 aromatic carbocycles. The van der Waals surface area contributed by atoms with Gasteiger partial charge in [0.2, 0.25) is 59.1 Å². The summed E-state index contributed by atoms with van der Waals surface area (Å²) in [6.45, 7) is 2.26. The van der Waals surface area contributed by atoms with Crippen molar-refractivity contribution in [1.82, 2.24) is 47.5 Å². The number of nitrogens with one attached hydrogen (secondary N) is 9. The number of primary amides is 2. The largest absolute Gasteiger partial charge is 0.370 e. The number of hydrogen-bond donors (Lipinski definition) is 13. The molecule has 7 atom stereocenters. The molecule has 10 amide bonds. The second-order valence-corrected chi connectivity index (χ2v) is 16.7. The SMILES string of the molecule is CC(=O)NCC(=O)NC1CCCNC(=O)CCC(C(N)=O)NC(=O)[C@H](Cc2c[nH]c3ccccc23)NC(=O)C(C(C)CCN=C(N)N)NC(=O)C(Cc2ccccc2)NC(=O)[C@H](CC(N)=O)NC1=O.